The lowest BCUT2D eigenvalue weighted by molar-refractivity contribution is 0.315. The van der Waals surface area contributed by atoms with Crippen LogP contribution < -0.4 is 10.1 Å². The molecule has 0 bridgehead atoms. The summed E-state index contributed by atoms with van der Waals surface area (Å²) in [4.78, 5) is 0. The number of rotatable bonds is 9. The van der Waals surface area contributed by atoms with Crippen molar-refractivity contribution in [1.82, 2.24) is 5.32 Å². The molecule has 0 aliphatic heterocycles. The van der Waals surface area contributed by atoms with E-state index in [4.69, 9.17) is 4.74 Å². The second kappa shape index (κ2) is 8.21. The summed E-state index contributed by atoms with van der Waals surface area (Å²) in [5.74, 6) is 0.165. The Balaban J connectivity index is 2.48. The molecular weight excluding hydrogens is 281 g/mol. The smallest absolute Gasteiger partial charge is 0.147 e. The van der Waals surface area contributed by atoms with Crippen LogP contribution in [0.25, 0.3) is 0 Å². The highest BCUT2D eigenvalue weighted by atomic mass is 32.2. The number of benzene rings is 1. The van der Waals surface area contributed by atoms with Gasteiger partial charge in [0.05, 0.1) is 12.4 Å². The number of nitrogens with one attached hydrogen (secondary N) is 1. The van der Waals surface area contributed by atoms with Crippen molar-refractivity contribution < 1.29 is 17.5 Å². The van der Waals surface area contributed by atoms with Crippen LogP contribution in [-0.2, 0) is 16.4 Å². The van der Waals surface area contributed by atoms with E-state index in [-0.39, 0.29) is 18.2 Å². The fourth-order valence-electron chi connectivity index (χ4n) is 1.73. The van der Waals surface area contributed by atoms with E-state index in [1.165, 1.54) is 18.4 Å². The van der Waals surface area contributed by atoms with Gasteiger partial charge in [-0.15, -0.1) is 0 Å². The third kappa shape index (κ3) is 7.45. The van der Waals surface area contributed by atoms with Crippen LogP contribution >= 0.6 is 0 Å². The predicted molar refractivity (Wildman–Crippen MR) is 78.2 cm³/mol. The van der Waals surface area contributed by atoms with Gasteiger partial charge < -0.3 is 10.1 Å². The van der Waals surface area contributed by atoms with Crippen LogP contribution in [0.1, 0.15) is 25.3 Å². The van der Waals surface area contributed by atoms with Gasteiger partial charge in [-0.1, -0.05) is 6.92 Å². The minimum absolute atomic E-state index is 0.0766. The minimum atomic E-state index is -2.97. The molecule has 0 radical (unpaired) electrons. The van der Waals surface area contributed by atoms with Gasteiger partial charge in [-0.2, -0.15) is 0 Å². The van der Waals surface area contributed by atoms with E-state index in [2.05, 4.69) is 12.2 Å². The van der Waals surface area contributed by atoms with E-state index >= 15 is 0 Å². The molecule has 1 aromatic rings. The Labute approximate surface area is 120 Å². The first-order valence-electron chi connectivity index (χ1n) is 6.71. The standard InChI is InChI=1S/C14H22FNO3S/c1-3-5-16-11-12-8-13(15)10-14(9-12)19-6-4-7-20(2,17)18/h8-10,16H,3-7,11H2,1-2H3. The van der Waals surface area contributed by atoms with Crippen molar-refractivity contribution in [2.45, 2.75) is 26.3 Å². The molecule has 0 aliphatic carbocycles. The normalized spacial score (nSPS) is 11.6. The van der Waals surface area contributed by atoms with Gasteiger partial charge >= 0.3 is 0 Å². The number of hydrogen-bond acceptors (Lipinski definition) is 4. The first-order chi connectivity index (χ1) is 9.40. The van der Waals surface area contributed by atoms with Crippen molar-refractivity contribution in [3.63, 3.8) is 0 Å². The first-order valence-corrected chi connectivity index (χ1v) is 8.77. The van der Waals surface area contributed by atoms with Gasteiger partial charge in [-0.3, -0.25) is 0 Å². The van der Waals surface area contributed by atoms with E-state index in [0.717, 1.165) is 18.5 Å². The van der Waals surface area contributed by atoms with Gasteiger partial charge in [0, 0.05) is 18.9 Å². The Kier molecular flexibility index (Phi) is 6.95. The van der Waals surface area contributed by atoms with E-state index in [0.29, 0.717) is 18.7 Å². The number of halogens is 1. The van der Waals surface area contributed by atoms with E-state index in [1.54, 1.807) is 6.07 Å². The molecule has 0 unspecified atom stereocenters. The quantitative estimate of drug-likeness (QED) is 0.710. The SMILES string of the molecule is CCCNCc1cc(F)cc(OCCCS(C)(=O)=O)c1. The van der Waals surface area contributed by atoms with Gasteiger partial charge in [-0.25, -0.2) is 12.8 Å². The summed E-state index contributed by atoms with van der Waals surface area (Å²) in [5.41, 5.74) is 0.816. The molecule has 0 saturated heterocycles. The molecule has 0 fully saturated rings. The molecule has 0 aliphatic rings. The highest BCUT2D eigenvalue weighted by Gasteiger charge is 2.04. The second-order valence-electron chi connectivity index (χ2n) is 4.80. The lowest BCUT2D eigenvalue weighted by Gasteiger charge is -2.09. The Morgan fingerprint density at radius 1 is 1.30 bits per heavy atom. The summed E-state index contributed by atoms with van der Waals surface area (Å²) in [5, 5.41) is 3.19. The Hall–Kier alpha value is -1.14. The number of ether oxygens (including phenoxy) is 1. The average molecular weight is 303 g/mol. The lowest BCUT2D eigenvalue weighted by Crippen LogP contribution is -2.14. The zero-order valence-corrected chi connectivity index (χ0v) is 12.8. The van der Waals surface area contributed by atoms with Gasteiger partial charge in [0.2, 0.25) is 0 Å². The first kappa shape index (κ1) is 16.9. The molecule has 6 heteroatoms. The largest absolute Gasteiger partial charge is 0.493 e. The van der Waals surface area contributed by atoms with Crippen LogP contribution in [0.15, 0.2) is 18.2 Å². The molecule has 4 nitrogen and oxygen atoms in total. The Bertz CT molecular complexity index is 517. The van der Waals surface area contributed by atoms with E-state index in [9.17, 15) is 12.8 Å². The van der Waals surface area contributed by atoms with Crippen LogP contribution in [0, 0.1) is 5.82 Å². The highest BCUT2D eigenvalue weighted by Crippen LogP contribution is 2.16. The maximum atomic E-state index is 13.4. The van der Waals surface area contributed by atoms with Gasteiger partial charge in [0.1, 0.15) is 21.4 Å². The maximum Gasteiger partial charge on any atom is 0.147 e. The van der Waals surface area contributed by atoms with Crippen LogP contribution in [0.5, 0.6) is 5.75 Å². The van der Waals surface area contributed by atoms with Crippen molar-refractivity contribution in [1.29, 1.82) is 0 Å². The molecule has 0 aromatic heterocycles. The Morgan fingerprint density at radius 2 is 2.05 bits per heavy atom. The summed E-state index contributed by atoms with van der Waals surface area (Å²) in [6.07, 6.45) is 2.61. The van der Waals surface area contributed by atoms with E-state index < -0.39 is 9.84 Å². The van der Waals surface area contributed by atoms with Crippen LogP contribution in [-0.4, -0.2) is 33.6 Å². The highest BCUT2D eigenvalue weighted by molar-refractivity contribution is 7.90. The van der Waals surface area contributed by atoms with Crippen molar-refractivity contribution in [2.24, 2.45) is 0 Å². The third-order valence-electron chi connectivity index (χ3n) is 2.62. The van der Waals surface area contributed by atoms with Gasteiger partial charge in [-0.05, 0) is 37.1 Å². The number of hydrogen-bond donors (Lipinski definition) is 1. The van der Waals surface area contributed by atoms with Crippen LogP contribution in [0.4, 0.5) is 4.39 Å². The number of sulfone groups is 1. The lowest BCUT2D eigenvalue weighted by atomic mass is 10.2. The molecule has 1 rings (SSSR count). The topological polar surface area (TPSA) is 55.4 Å². The molecule has 114 valence electrons. The van der Waals surface area contributed by atoms with Crippen LogP contribution in [0.3, 0.4) is 0 Å². The van der Waals surface area contributed by atoms with Gasteiger partial charge in [0.25, 0.3) is 0 Å². The molecule has 0 spiro atoms. The molecule has 0 heterocycles. The van der Waals surface area contributed by atoms with Gasteiger partial charge in [0.15, 0.2) is 0 Å². The molecule has 1 aromatic carbocycles. The second-order valence-corrected chi connectivity index (χ2v) is 7.06. The summed E-state index contributed by atoms with van der Waals surface area (Å²) in [6.45, 7) is 3.79. The van der Waals surface area contributed by atoms with Crippen molar-refractivity contribution in [2.75, 3.05) is 25.2 Å². The molecule has 20 heavy (non-hydrogen) atoms. The summed E-state index contributed by atoms with van der Waals surface area (Å²) >= 11 is 0. The Morgan fingerprint density at radius 3 is 2.70 bits per heavy atom. The third-order valence-corrected chi connectivity index (χ3v) is 3.65. The van der Waals surface area contributed by atoms with Crippen LogP contribution in [0.2, 0.25) is 0 Å². The molecule has 0 atom stereocenters. The maximum absolute atomic E-state index is 13.4. The summed E-state index contributed by atoms with van der Waals surface area (Å²) < 4.78 is 40.8. The van der Waals surface area contributed by atoms with Crippen molar-refractivity contribution >= 4 is 9.84 Å². The summed E-state index contributed by atoms with van der Waals surface area (Å²) in [7, 11) is -2.97. The monoisotopic (exact) mass is 303 g/mol. The van der Waals surface area contributed by atoms with Crippen molar-refractivity contribution in [3.8, 4) is 5.75 Å². The predicted octanol–water partition coefficient (Wildman–Crippen LogP) is 2.14. The summed E-state index contributed by atoms with van der Waals surface area (Å²) in [6, 6.07) is 4.54. The molecule has 0 saturated carbocycles. The molecule has 0 amide bonds. The fraction of sp³-hybridized carbons (Fsp3) is 0.571. The van der Waals surface area contributed by atoms with Crippen molar-refractivity contribution in [3.05, 3.63) is 29.6 Å². The minimum Gasteiger partial charge on any atom is -0.493 e. The fourth-order valence-corrected chi connectivity index (χ4v) is 2.37. The zero-order chi connectivity index (χ0) is 15.0. The van der Waals surface area contributed by atoms with E-state index in [1.807, 2.05) is 0 Å². The average Bonchev–Trinajstić information content (AvgIpc) is 2.33. The zero-order valence-electron chi connectivity index (χ0n) is 12.0. The molecule has 1 N–H and O–H groups in total. The molecular formula is C14H22FNO3S.